The van der Waals surface area contributed by atoms with Crippen LogP contribution in [0.15, 0.2) is 5.16 Å². The standard InChI is InChI=1S/C7H13NO3/c1-5(7(9)10-4)6(2)11-8-3/h5-6H,3H2,1-2,4H3. The molecule has 0 heterocycles. The second-order valence-corrected chi connectivity index (χ2v) is 2.25. The molecule has 0 amide bonds. The van der Waals surface area contributed by atoms with Crippen LogP contribution in [0.5, 0.6) is 0 Å². The maximum absolute atomic E-state index is 10.9. The third-order valence-electron chi connectivity index (χ3n) is 1.52. The van der Waals surface area contributed by atoms with Crippen molar-refractivity contribution in [2.75, 3.05) is 7.11 Å². The first-order chi connectivity index (χ1) is 5.13. The summed E-state index contributed by atoms with van der Waals surface area (Å²) in [5.41, 5.74) is 0. The maximum Gasteiger partial charge on any atom is 0.312 e. The van der Waals surface area contributed by atoms with E-state index < -0.39 is 0 Å². The van der Waals surface area contributed by atoms with Crippen LogP contribution in [0, 0.1) is 5.92 Å². The number of methoxy groups -OCH3 is 1. The van der Waals surface area contributed by atoms with Crippen molar-refractivity contribution >= 4 is 12.7 Å². The number of esters is 1. The molecule has 4 heteroatoms. The average molecular weight is 159 g/mol. The minimum atomic E-state index is -0.314. The van der Waals surface area contributed by atoms with Crippen LogP contribution in [-0.4, -0.2) is 25.9 Å². The van der Waals surface area contributed by atoms with Gasteiger partial charge in [-0.05, 0) is 13.8 Å². The zero-order valence-corrected chi connectivity index (χ0v) is 7.03. The van der Waals surface area contributed by atoms with Crippen LogP contribution >= 0.6 is 0 Å². The zero-order valence-electron chi connectivity index (χ0n) is 7.03. The van der Waals surface area contributed by atoms with Gasteiger partial charge in [-0.15, -0.1) is 5.16 Å². The highest BCUT2D eigenvalue weighted by Crippen LogP contribution is 2.08. The molecule has 0 fully saturated rings. The molecule has 0 spiro atoms. The van der Waals surface area contributed by atoms with Crippen LogP contribution < -0.4 is 0 Å². The SMILES string of the molecule is C=NOC(C)C(C)C(=O)OC. The Morgan fingerprint density at radius 3 is 2.45 bits per heavy atom. The minimum Gasteiger partial charge on any atom is -0.469 e. The summed E-state index contributed by atoms with van der Waals surface area (Å²) < 4.78 is 4.50. The van der Waals surface area contributed by atoms with E-state index in [1.54, 1.807) is 13.8 Å². The lowest BCUT2D eigenvalue weighted by Crippen LogP contribution is -2.25. The topological polar surface area (TPSA) is 47.9 Å². The summed E-state index contributed by atoms with van der Waals surface area (Å²) in [7, 11) is 1.34. The Balaban J connectivity index is 3.89. The number of carbonyl (C=O) groups excluding carboxylic acids is 1. The van der Waals surface area contributed by atoms with E-state index in [9.17, 15) is 4.79 Å². The van der Waals surface area contributed by atoms with Crippen LogP contribution in [0.25, 0.3) is 0 Å². The molecule has 2 unspecified atom stereocenters. The lowest BCUT2D eigenvalue weighted by molar-refractivity contribution is -0.149. The molecule has 0 N–H and O–H groups in total. The summed E-state index contributed by atoms with van der Waals surface area (Å²) in [6.07, 6.45) is -0.292. The molecule has 0 aliphatic carbocycles. The van der Waals surface area contributed by atoms with E-state index in [-0.39, 0.29) is 18.0 Å². The number of hydrogen-bond donors (Lipinski definition) is 0. The van der Waals surface area contributed by atoms with Crippen LogP contribution in [0.3, 0.4) is 0 Å². The van der Waals surface area contributed by atoms with Crippen molar-refractivity contribution in [2.24, 2.45) is 11.1 Å². The van der Waals surface area contributed by atoms with E-state index in [1.807, 2.05) is 0 Å². The molecule has 0 bridgehead atoms. The third kappa shape index (κ3) is 3.02. The summed E-state index contributed by atoms with van der Waals surface area (Å²) in [5, 5.41) is 3.22. The number of nitrogens with zero attached hydrogens (tertiary/aromatic N) is 1. The third-order valence-corrected chi connectivity index (χ3v) is 1.52. The van der Waals surface area contributed by atoms with E-state index in [1.165, 1.54) is 7.11 Å². The van der Waals surface area contributed by atoms with Gasteiger partial charge in [0.2, 0.25) is 0 Å². The Labute approximate surface area is 66.2 Å². The molecule has 0 saturated carbocycles. The number of ether oxygens (including phenoxy) is 1. The van der Waals surface area contributed by atoms with Crippen molar-refractivity contribution < 1.29 is 14.4 Å². The Hall–Kier alpha value is -1.06. The van der Waals surface area contributed by atoms with Gasteiger partial charge in [-0.25, -0.2) is 0 Å². The van der Waals surface area contributed by atoms with Gasteiger partial charge in [0.1, 0.15) is 6.10 Å². The second kappa shape index (κ2) is 4.71. The lowest BCUT2D eigenvalue weighted by Gasteiger charge is -2.14. The Kier molecular flexibility index (Phi) is 4.26. The Morgan fingerprint density at radius 2 is 2.09 bits per heavy atom. The predicted octanol–water partition coefficient (Wildman–Crippen LogP) is 0.816. The van der Waals surface area contributed by atoms with E-state index in [2.05, 4.69) is 16.6 Å². The summed E-state index contributed by atoms with van der Waals surface area (Å²) >= 11 is 0. The van der Waals surface area contributed by atoms with Crippen molar-refractivity contribution in [3.63, 3.8) is 0 Å². The van der Waals surface area contributed by atoms with E-state index in [0.29, 0.717) is 0 Å². The van der Waals surface area contributed by atoms with E-state index in [0.717, 1.165) is 0 Å². The van der Waals surface area contributed by atoms with Gasteiger partial charge < -0.3 is 9.57 Å². The minimum absolute atomic E-state index is 0.292. The Bertz CT molecular complexity index is 147. The summed E-state index contributed by atoms with van der Waals surface area (Å²) in [6.45, 7) is 6.59. The predicted molar refractivity (Wildman–Crippen MR) is 41.3 cm³/mol. The first kappa shape index (κ1) is 9.94. The molecule has 0 rings (SSSR count). The summed E-state index contributed by atoms with van der Waals surface area (Å²) in [4.78, 5) is 15.6. The molecule has 4 nitrogen and oxygen atoms in total. The number of oxime groups is 1. The van der Waals surface area contributed by atoms with Gasteiger partial charge in [-0.2, -0.15) is 0 Å². The quantitative estimate of drug-likeness (QED) is 0.346. The monoisotopic (exact) mass is 159 g/mol. The molecule has 64 valence electrons. The van der Waals surface area contributed by atoms with Crippen LogP contribution in [-0.2, 0) is 14.4 Å². The van der Waals surface area contributed by atoms with Gasteiger partial charge in [0.25, 0.3) is 0 Å². The lowest BCUT2D eigenvalue weighted by atomic mass is 10.1. The number of hydrogen-bond acceptors (Lipinski definition) is 4. The smallest absolute Gasteiger partial charge is 0.312 e. The second-order valence-electron chi connectivity index (χ2n) is 2.25. The maximum atomic E-state index is 10.9. The molecule has 2 atom stereocenters. The van der Waals surface area contributed by atoms with Gasteiger partial charge in [0, 0.05) is 6.72 Å². The van der Waals surface area contributed by atoms with E-state index >= 15 is 0 Å². The van der Waals surface area contributed by atoms with Crippen LogP contribution in [0.1, 0.15) is 13.8 Å². The molecular formula is C7H13NO3. The molecule has 0 aromatic rings. The molecule has 0 saturated heterocycles. The summed E-state index contributed by atoms with van der Waals surface area (Å²) in [5.74, 6) is -0.619. The number of carbonyl (C=O) groups is 1. The van der Waals surface area contributed by atoms with Crippen LogP contribution in [0.4, 0.5) is 0 Å². The normalized spacial score (nSPS) is 14.8. The van der Waals surface area contributed by atoms with Crippen molar-refractivity contribution in [1.29, 1.82) is 0 Å². The van der Waals surface area contributed by atoms with Gasteiger partial charge in [0.05, 0.1) is 13.0 Å². The highest BCUT2D eigenvalue weighted by atomic mass is 16.6. The van der Waals surface area contributed by atoms with Gasteiger partial charge >= 0.3 is 5.97 Å². The fourth-order valence-electron chi connectivity index (χ4n) is 0.586. The van der Waals surface area contributed by atoms with Gasteiger partial charge in [-0.3, -0.25) is 4.79 Å². The molecule has 0 aliphatic rings. The van der Waals surface area contributed by atoms with Crippen molar-refractivity contribution in [1.82, 2.24) is 0 Å². The van der Waals surface area contributed by atoms with Gasteiger partial charge in [0.15, 0.2) is 0 Å². The molecular weight excluding hydrogens is 146 g/mol. The fraction of sp³-hybridized carbons (Fsp3) is 0.714. The Morgan fingerprint density at radius 1 is 1.55 bits per heavy atom. The fourth-order valence-corrected chi connectivity index (χ4v) is 0.586. The molecule has 0 radical (unpaired) electrons. The molecule has 0 aromatic carbocycles. The van der Waals surface area contributed by atoms with Crippen LogP contribution in [0.2, 0.25) is 0 Å². The van der Waals surface area contributed by atoms with Crippen molar-refractivity contribution in [2.45, 2.75) is 20.0 Å². The molecule has 11 heavy (non-hydrogen) atoms. The molecule has 0 aromatic heterocycles. The highest BCUT2D eigenvalue weighted by Gasteiger charge is 2.21. The first-order valence-electron chi connectivity index (χ1n) is 3.33. The summed E-state index contributed by atoms with van der Waals surface area (Å²) in [6, 6.07) is 0. The van der Waals surface area contributed by atoms with Crippen molar-refractivity contribution in [3.05, 3.63) is 0 Å². The first-order valence-corrected chi connectivity index (χ1v) is 3.33. The largest absolute Gasteiger partial charge is 0.469 e. The zero-order chi connectivity index (χ0) is 8.85. The molecule has 0 aliphatic heterocycles. The highest BCUT2D eigenvalue weighted by molar-refractivity contribution is 5.72. The average Bonchev–Trinajstić information content (AvgIpc) is 2.02. The van der Waals surface area contributed by atoms with Crippen molar-refractivity contribution in [3.8, 4) is 0 Å². The van der Waals surface area contributed by atoms with E-state index in [4.69, 9.17) is 4.84 Å². The number of rotatable bonds is 4. The van der Waals surface area contributed by atoms with Gasteiger partial charge in [-0.1, -0.05) is 0 Å².